The summed E-state index contributed by atoms with van der Waals surface area (Å²) in [6.07, 6.45) is 3.46. The van der Waals surface area contributed by atoms with E-state index in [2.05, 4.69) is 17.4 Å². The van der Waals surface area contributed by atoms with Crippen molar-refractivity contribution in [2.45, 2.75) is 30.6 Å². The van der Waals surface area contributed by atoms with Crippen LogP contribution in [0.25, 0.3) is 0 Å². The molecule has 1 aliphatic heterocycles. The first-order chi connectivity index (χ1) is 12.2. The molecule has 2 aromatic rings. The van der Waals surface area contributed by atoms with Gasteiger partial charge in [0.15, 0.2) is 0 Å². The lowest BCUT2D eigenvalue weighted by atomic mass is 10.0. The predicted octanol–water partition coefficient (Wildman–Crippen LogP) is 4.53. The van der Waals surface area contributed by atoms with Crippen LogP contribution in [0.2, 0.25) is 0 Å². The van der Waals surface area contributed by atoms with Crippen LogP contribution >= 0.6 is 11.8 Å². The van der Waals surface area contributed by atoms with Crippen molar-refractivity contribution in [3.8, 4) is 11.5 Å². The first-order valence-corrected chi connectivity index (χ1v) is 9.55. The normalized spacial score (nSPS) is 13.1. The summed E-state index contributed by atoms with van der Waals surface area (Å²) in [5.74, 6) is 2.94. The molecular formula is C20H23NO3S. The number of thioether (sulfide) groups is 1. The van der Waals surface area contributed by atoms with Gasteiger partial charge in [0.05, 0.1) is 13.7 Å². The molecule has 0 fully saturated rings. The van der Waals surface area contributed by atoms with Crippen LogP contribution in [0.3, 0.4) is 0 Å². The molecule has 132 valence electrons. The average molecular weight is 357 g/mol. The number of amides is 1. The monoisotopic (exact) mass is 357 g/mol. The minimum Gasteiger partial charge on any atom is -0.497 e. The number of methoxy groups -OCH3 is 1. The second-order valence-corrected chi connectivity index (χ2v) is 7.12. The molecule has 2 aromatic carbocycles. The van der Waals surface area contributed by atoms with E-state index in [4.69, 9.17) is 9.47 Å². The summed E-state index contributed by atoms with van der Waals surface area (Å²) >= 11 is 1.84. The molecule has 0 atom stereocenters. The lowest BCUT2D eigenvalue weighted by molar-refractivity contribution is -0.116. The van der Waals surface area contributed by atoms with E-state index in [1.807, 2.05) is 42.1 Å². The molecule has 0 aliphatic carbocycles. The van der Waals surface area contributed by atoms with Gasteiger partial charge in [-0.15, -0.1) is 11.8 Å². The Morgan fingerprint density at radius 1 is 1.08 bits per heavy atom. The summed E-state index contributed by atoms with van der Waals surface area (Å²) in [7, 11) is 1.69. The third-order valence-corrected chi connectivity index (χ3v) is 5.17. The molecule has 0 saturated carbocycles. The van der Waals surface area contributed by atoms with E-state index in [-0.39, 0.29) is 5.91 Å². The minimum atomic E-state index is 0.0923. The maximum absolute atomic E-state index is 11.4. The molecule has 4 nitrogen and oxygen atoms in total. The first kappa shape index (κ1) is 17.7. The van der Waals surface area contributed by atoms with E-state index in [1.54, 1.807) is 7.11 Å². The summed E-state index contributed by atoms with van der Waals surface area (Å²) in [6.45, 7) is 0.712. The largest absolute Gasteiger partial charge is 0.497 e. The van der Waals surface area contributed by atoms with Crippen LogP contribution < -0.4 is 14.8 Å². The molecule has 0 unspecified atom stereocenters. The Morgan fingerprint density at radius 2 is 2.00 bits per heavy atom. The molecule has 3 rings (SSSR count). The quantitative estimate of drug-likeness (QED) is 0.557. The zero-order valence-electron chi connectivity index (χ0n) is 14.4. The number of unbranched alkanes of at least 4 members (excludes halogenated alkanes) is 1. The van der Waals surface area contributed by atoms with Crippen LogP contribution in [-0.2, 0) is 11.2 Å². The van der Waals surface area contributed by atoms with Crippen molar-refractivity contribution in [1.82, 2.24) is 0 Å². The van der Waals surface area contributed by atoms with Crippen LogP contribution in [0, 0.1) is 0 Å². The molecular weight excluding hydrogens is 334 g/mol. The zero-order chi connectivity index (χ0) is 17.5. The summed E-state index contributed by atoms with van der Waals surface area (Å²) in [4.78, 5) is 12.6. The smallest absolute Gasteiger partial charge is 0.224 e. The number of aryl methyl sites for hydroxylation is 1. The third-order valence-electron chi connectivity index (χ3n) is 4.09. The fourth-order valence-electron chi connectivity index (χ4n) is 2.72. The van der Waals surface area contributed by atoms with Crippen LogP contribution in [0.4, 0.5) is 5.69 Å². The minimum absolute atomic E-state index is 0.0923. The van der Waals surface area contributed by atoms with Crippen molar-refractivity contribution in [2.75, 3.05) is 24.8 Å². The van der Waals surface area contributed by atoms with Gasteiger partial charge in [0.2, 0.25) is 5.91 Å². The van der Waals surface area contributed by atoms with Crippen molar-refractivity contribution < 1.29 is 14.3 Å². The van der Waals surface area contributed by atoms with Crippen LogP contribution in [-0.4, -0.2) is 25.4 Å². The Morgan fingerprint density at radius 3 is 2.88 bits per heavy atom. The number of fused-ring (bicyclic) bond motifs is 1. The van der Waals surface area contributed by atoms with Gasteiger partial charge < -0.3 is 14.8 Å². The molecule has 25 heavy (non-hydrogen) atoms. The number of nitrogens with one attached hydrogen (secondary N) is 1. The molecule has 0 saturated heterocycles. The molecule has 0 bridgehead atoms. The van der Waals surface area contributed by atoms with Crippen LogP contribution in [0.15, 0.2) is 47.4 Å². The van der Waals surface area contributed by atoms with Crippen molar-refractivity contribution in [2.24, 2.45) is 0 Å². The van der Waals surface area contributed by atoms with Crippen LogP contribution in [0.1, 0.15) is 24.8 Å². The van der Waals surface area contributed by atoms with Gasteiger partial charge in [-0.25, -0.2) is 0 Å². The summed E-state index contributed by atoms with van der Waals surface area (Å²) in [5, 5.41) is 2.89. The topological polar surface area (TPSA) is 47.6 Å². The van der Waals surface area contributed by atoms with E-state index >= 15 is 0 Å². The van der Waals surface area contributed by atoms with E-state index < -0.39 is 0 Å². The van der Waals surface area contributed by atoms with Gasteiger partial charge in [0, 0.05) is 17.0 Å². The van der Waals surface area contributed by atoms with E-state index in [9.17, 15) is 4.79 Å². The lowest BCUT2D eigenvalue weighted by Crippen LogP contribution is -2.18. The number of ether oxygens (including phenoxy) is 2. The maximum atomic E-state index is 11.4. The number of carbonyl (C=O) groups excluding carboxylic acids is 1. The second-order valence-electron chi connectivity index (χ2n) is 5.95. The van der Waals surface area contributed by atoms with Crippen molar-refractivity contribution in [3.63, 3.8) is 0 Å². The highest BCUT2D eigenvalue weighted by Gasteiger charge is 2.14. The molecule has 1 heterocycles. The summed E-state index contributed by atoms with van der Waals surface area (Å²) in [5.41, 5.74) is 2.07. The molecule has 5 heteroatoms. The van der Waals surface area contributed by atoms with Gasteiger partial charge in [-0.3, -0.25) is 4.79 Å². The Hall–Kier alpha value is -2.14. The first-order valence-electron chi connectivity index (χ1n) is 8.57. The number of hydrogen-bond donors (Lipinski definition) is 1. The zero-order valence-corrected chi connectivity index (χ0v) is 15.2. The summed E-state index contributed by atoms with van der Waals surface area (Å²) < 4.78 is 11.1. The lowest BCUT2D eigenvalue weighted by Gasteiger charge is -2.17. The molecule has 0 aromatic heterocycles. The van der Waals surface area contributed by atoms with Gasteiger partial charge in [-0.1, -0.05) is 6.07 Å². The highest BCUT2D eigenvalue weighted by Crippen LogP contribution is 2.27. The Balaban J connectivity index is 1.36. The molecule has 1 N–H and O–H groups in total. The second kappa shape index (κ2) is 8.81. The van der Waals surface area contributed by atoms with Gasteiger partial charge in [0.1, 0.15) is 11.5 Å². The van der Waals surface area contributed by atoms with Crippen LogP contribution in [0.5, 0.6) is 11.5 Å². The predicted molar refractivity (Wildman–Crippen MR) is 102 cm³/mol. The van der Waals surface area contributed by atoms with Crippen molar-refractivity contribution in [3.05, 3.63) is 48.0 Å². The highest BCUT2D eigenvalue weighted by molar-refractivity contribution is 7.99. The van der Waals surface area contributed by atoms with Gasteiger partial charge in [-0.05, 0) is 67.0 Å². The van der Waals surface area contributed by atoms with E-state index in [1.165, 1.54) is 4.90 Å². The Kier molecular flexibility index (Phi) is 6.23. The molecule has 0 spiro atoms. The van der Waals surface area contributed by atoms with E-state index in [0.717, 1.165) is 47.8 Å². The molecule has 1 amide bonds. The highest BCUT2D eigenvalue weighted by atomic mass is 32.2. The fraction of sp³-hybridized carbons (Fsp3) is 0.350. The van der Waals surface area contributed by atoms with Gasteiger partial charge in [0.25, 0.3) is 0 Å². The standard InChI is InChI=1S/C20H23NO3S/c1-23-16-5-4-6-18(14-16)25-12-3-2-11-24-17-8-9-19-15(13-17)7-10-20(22)21-19/h4-6,8-9,13-14H,2-3,7,10-12H2,1H3,(H,21,22). The van der Waals surface area contributed by atoms with Gasteiger partial charge in [-0.2, -0.15) is 0 Å². The fourth-order valence-corrected chi connectivity index (χ4v) is 3.68. The van der Waals surface area contributed by atoms with E-state index in [0.29, 0.717) is 13.0 Å². The number of carbonyl (C=O) groups is 1. The van der Waals surface area contributed by atoms with Crippen molar-refractivity contribution in [1.29, 1.82) is 0 Å². The number of hydrogen-bond acceptors (Lipinski definition) is 4. The number of rotatable bonds is 8. The SMILES string of the molecule is COc1cccc(SCCCCOc2ccc3c(c2)CCC(=O)N3)c1. The maximum Gasteiger partial charge on any atom is 0.224 e. The molecule has 1 aliphatic rings. The van der Waals surface area contributed by atoms with Gasteiger partial charge >= 0.3 is 0 Å². The van der Waals surface area contributed by atoms with Crippen molar-refractivity contribution >= 4 is 23.4 Å². The number of anilines is 1. The summed E-state index contributed by atoms with van der Waals surface area (Å²) in [6, 6.07) is 14.0. The third kappa shape index (κ3) is 5.16. The average Bonchev–Trinajstić information content (AvgIpc) is 2.64. The Labute approximate surface area is 152 Å². The number of benzene rings is 2. The Bertz CT molecular complexity index is 733. The molecule has 0 radical (unpaired) electrons.